The Kier molecular flexibility index (Phi) is 6.49. The van der Waals surface area contributed by atoms with E-state index < -0.39 is 0 Å². The Balaban J connectivity index is 2.54. The zero-order valence-electron chi connectivity index (χ0n) is 11.6. The quantitative estimate of drug-likeness (QED) is 0.678. The van der Waals surface area contributed by atoms with Crippen LogP contribution in [-0.2, 0) is 4.79 Å². The van der Waals surface area contributed by atoms with E-state index in [4.69, 9.17) is 5.26 Å². The number of hydrogen-bond donors (Lipinski definition) is 0. The molecule has 0 aliphatic heterocycles. The third kappa shape index (κ3) is 4.91. The second kappa shape index (κ2) is 7.92. The Morgan fingerprint density at radius 3 is 2.78 bits per heavy atom. The summed E-state index contributed by atoms with van der Waals surface area (Å²) in [4.78, 5) is 14.3. The standard InChI is InChI=1S/C15H24N2O/c1-13(2)9-12-17(11-6-10-16)15(18)14-7-4-3-5-8-14/h3-4,13-14H,5-9,11-12H2,1-2H3. The summed E-state index contributed by atoms with van der Waals surface area (Å²) in [5, 5.41) is 8.69. The minimum Gasteiger partial charge on any atom is -0.341 e. The second-order valence-corrected chi connectivity index (χ2v) is 5.40. The van der Waals surface area contributed by atoms with Gasteiger partial charge < -0.3 is 4.90 Å². The SMILES string of the molecule is CC(C)CCN(CCC#N)C(=O)C1CC=CCC1. The molecule has 18 heavy (non-hydrogen) atoms. The lowest BCUT2D eigenvalue weighted by Gasteiger charge is -2.28. The third-order valence-corrected chi connectivity index (χ3v) is 3.40. The molecule has 0 aromatic rings. The number of rotatable bonds is 6. The van der Waals surface area contributed by atoms with Gasteiger partial charge in [-0.05, 0) is 31.6 Å². The summed E-state index contributed by atoms with van der Waals surface area (Å²) < 4.78 is 0. The highest BCUT2D eigenvalue weighted by Gasteiger charge is 2.23. The van der Waals surface area contributed by atoms with Crippen LogP contribution in [-0.4, -0.2) is 23.9 Å². The van der Waals surface area contributed by atoms with Crippen LogP contribution in [0.1, 0.15) is 46.0 Å². The first-order chi connectivity index (χ1) is 8.65. The van der Waals surface area contributed by atoms with Crippen molar-refractivity contribution < 1.29 is 4.79 Å². The molecule has 0 N–H and O–H groups in total. The molecule has 0 heterocycles. The molecule has 0 aromatic carbocycles. The zero-order valence-corrected chi connectivity index (χ0v) is 11.6. The van der Waals surface area contributed by atoms with E-state index in [1.165, 1.54) is 0 Å². The van der Waals surface area contributed by atoms with E-state index in [0.717, 1.165) is 32.2 Å². The van der Waals surface area contributed by atoms with E-state index in [2.05, 4.69) is 32.1 Å². The van der Waals surface area contributed by atoms with Crippen LogP contribution in [0, 0.1) is 23.2 Å². The van der Waals surface area contributed by atoms with Gasteiger partial charge in [-0.2, -0.15) is 5.26 Å². The van der Waals surface area contributed by atoms with Crippen molar-refractivity contribution >= 4 is 5.91 Å². The molecule has 0 aromatic heterocycles. The van der Waals surface area contributed by atoms with Crippen molar-refractivity contribution in [3.05, 3.63) is 12.2 Å². The Bertz CT molecular complexity index is 328. The van der Waals surface area contributed by atoms with Gasteiger partial charge in [0.1, 0.15) is 0 Å². The fourth-order valence-corrected chi connectivity index (χ4v) is 2.21. The van der Waals surface area contributed by atoms with Crippen LogP contribution in [0.4, 0.5) is 0 Å². The van der Waals surface area contributed by atoms with E-state index >= 15 is 0 Å². The first kappa shape index (κ1) is 14.8. The molecule has 1 aliphatic carbocycles. The van der Waals surface area contributed by atoms with E-state index in [9.17, 15) is 4.79 Å². The maximum atomic E-state index is 12.4. The van der Waals surface area contributed by atoms with Crippen molar-refractivity contribution in [2.45, 2.75) is 46.0 Å². The molecule has 1 rings (SSSR count). The molecule has 0 saturated heterocycles. The smallest absolute Gasteiger partial charge is 0.226 e. The predicted octanol–water partition coefficient (Wildman–Crippen LogP) is 3.13. The molecule has 1 amide bonds. The van der Waals surface area contributed by atoms with Gasteiger partial charge in [-0.3, -0.25) is 4.79 Å². The lowest BCUT2D eigenvalue weighted by molar-refractivity contribution is -0.135. The van der Waals surface area contributed by atoms with E-state index in [1.807, 2.05) is 4.90 Å². The summed E-state index contributed by atoms with van der Waals surface area (Å²) in [6.45, 7) is 5.70. The van der Waals surface area contributed by atoms with Gasteiger partial charge in [0.15, 0.2) is 0 Å². The summed E-state index contributed by atoms with van der Waals surface area (Å²) >= 11 is 0. The number of nitrogens with zero attached hydrogens (tertiary/aromatic N) is 2. The largest absolute Gasteiger partial charge is 0.341 e. The van der Waals surface area contributed by atoms with Crippen LogP contribution in [0.2, 0.25) is 0 Å². The lowest BCUT2D eigenvalue weighted by atomic mass is 9.93. The highest BCUT2D eigenvalue weighted by molar-refractivity contribution is 5.79. The molecule has 3 heteroatoms. The van der Waals surface area contributed by atoms with Crippen molar-refractivity contribution in [2.24, 2.45) is 11.8 Å². The number of hydrogen-bond acceptors (Lipinski definition) is 2. The highest BCUT2D eigenvalue weighted by atomic mass is 16.2. The number of carbonyl (C=O) groups is 1. The topological polar surface area (TPSA) is 44.1 Å². The molecule has 1 atom stereocenters. The van der Waals surface area contributed by atoms with Crippen molar-refractivity contribution in [1.29, 1.82) is 5.26 Å². The molecule has 100 valence electrons. The Morgan fingerprint density at radius 1 is 1.44 bits per heavy atom. The van der Waals surface area contributed by atoms with Gasteiger partial charge >= 0.3 is 0 Å². The van der Waals surface area contributed by atoms with Gasteiger partial charge in [0.05, 0.1) is 12.5 Å². The summed E-state index contributed by atoms with van der Waals surface area (Å²) in [5.41, 5.74) is 0. The summed E-state index contributed by atoms with van der Waals surface area (Å²) in [6.07, 6.45) is 8.54. The normalized spacial score (nSPS) is 18.7. The summed E-state index contributed by atoms with van der Waals surface area (Å²) in [6, 6.07) is 2.14. The minimum atomic E-state index is 0.140. The first-order valence-corrected chi connectivity index (χ1v) is 6.96. The summed E-state index contributed by atoms with van der Waals surface area (Å²) in [5.74, 6) is 0.977. The Hall–Kier alpha value is -1.30. The minimum absolute atomic E-state index is 0.140. The summed E-state index contributed by atoms with van der Waals surface area (Å²) in [7, 11) is 0. The van der Waals surface area contributed by atoms with Crippen LogP contribution in [0.25, 0.3) is 0 Å². The van der Waals surface area contributed by atoms with Crippen LogP contribution >= 0.6 is 0 Å². The molecule has 0 bridgehead atoms. The molecule has 0 fully saturated rings. The maximum absolute atomic E-state index is 12.4. The first-order valence-electron chi connectivity index (χ1n) is 6.96. The van der Waals surface area contributed by atoms with E-state index in [1.54, 1.807) is 0 Å². The van der Waals surface area contributed by atoms with Gasteiger partial charge in [-0.1, -0.05) is 26.0 Å². The van der Waals surface area contributed by atoms with Gasteiger partial charge in [-0.25, -0.2) is 0 Å². The van der Waals surface area contributed by atoms with Gasteiger partial charge in [-0.15, -0.1) is 0 Å². The van der Waals surface area contributed by atoms with Gasteiger partial charge in [0, 0.05) is 19.0 Å². The molecular formula is C15H24N2O. The van der Waals surface area contributed by atoms with Gasteiger partial charge in [0.2, 0.25) is 5.91 Å². The number of allylic oxidation sites excluding steroid dienone is 2. The Morgan fingerprint density at radius 2 is 2.22 bits per heavy atom. The molecule has 0 radical (unpaired) electrons. The van der Waals surface area contributed by atoms with Crippen LogP contribution in [0.15, 0.2) is 12.2 Å². The number of carbonyl (C=O) groups excluding carboxylic acids is 1. The van der Waals surface area contributed by atoms with Crippen LogP contribution in [0.3, 0.4) is 0 Å². The maximum Gasteiger partial charge on any atom is 0.226 e. The van der Waals surface area contributed by atoms with Crippen molar-refractivity contribution in [3.8, 4) is 6.07 Å². The molecule has 3 nitrogen and oxygen atoms in total. The molecule has 1 aliphatic rings. The molecule has 0 spiro atoms. The molecular weight excluding hydrogens is 224 g/mol. The average Bonchev–Trinajstić information content (AvgIpc) is 2.39. The average molecular weight is 248 g/mol. The van der Waals surface area contributed by atoms with E-state index in [0.29, 0.717) is 18.9 Å². The molecule has 1 unspecified atom stereocenters. The second-order valence-electron chi connectivity index (χ2n) is 5.40. The highest BCUT2D eigenvalue weighted by Crippen LogP contribution is 2.21. The monoisotopic (exact) mass is 248 g/mol. The molecule has 0 saturated carbocycles. The van der Waals surface area contributed by atoms with Crippen LogP contribution in [0.5, 0.6) is 0 Å². The number of nitriles is 1. The van der Waals surface area contributed by atoms with Crippen molar-refractivity contribution in [2.75, 3.05) is 13.1 Å². The third-order valence-electron chi connectivity index (χ3n) is 3.40. The van der Waals surface area contributed by atoms with Crippen molar-refractivity contribution in [1.82, 2.24) is 4.90 Å². The fourth-order valence-electron chi connectivity index (χ4n) is 2.21. The zero-order chi connectivity index (χ0) is 13.4. The van der Waals surface area contributed by atoms with Crippen LogP contribution < -0.4 is 0 Å². The Labute approximate surface area is 110 Å². The van der Waals surface area contributed by atoms with Gasteiger partial charge in [0.25, 0.3) is 0 Å². The van der Waals surface area contributed by atoms with E-state index in [-0.39, 0.29) is 11.8 Å². The predicted molar refractivity (Wildman–Crippen MR) is 72.7 cm³/mol. The van der Waals surface area contributed by atoms with Crippen molar-refractivity contribution in [3.63, 3.8) is 0 Å². The fraction of sp³-hybridized carbons (Fsp3) is 0.733. The lowest BCUT2D eigenvalue weighted by Crippen LogP contribution is -2.38. The number of amides is 1.